The molecule has 0 aromatic heterocycles. The van der Waals surface area contributed by atoms with Gasteiger partial charge >= 0.3 is 17.9 Å². The van der Waals surface area contributed by atoms with Crippen molar-refractivity contribution in [1.82, 2.24) is 0 Å². The minimum Gasteiger partial charge on any atom is -0.496 e. The molecule has 2 fully saturated rings. The fraction of sp³-hybridized carbons (Fsp3) is 0.324. The standard InChI is InChI=1S/C74H76O9/c1-45-39-71(8,9)43-73(41-45,58-21-29-64(79-12)47(3)33-58)59-23-31-66(49(5)35-59)82-69(77)56-15-13-55-38-57(16-14-54(55)37-56)70(78)83-67-32-24-61(36-50(67)6)74(42-46(2)40-72(10,11)44-74)60-22-30-65(48(4)34-60)81-68(76)53-19-27-63(28-20-53)80-62-25-17-52(18-26-62)51(7)75/h13-38,45-46H,39-44H2,1-12H3. The lowest BCUT2D eigenvalue weighted by Gasteiger charge is -2.49. The third-order valence-corrected chi connectivity index (χ3v) is 17.4. The van der Waals surface area contributed by atoms with Crippen LogP contribution in [-0.2, 0) is 10.8 Å². The first-order valence-electron chi connectivity index (χ1n) is 29.0. The van der Waals surface area contributed by atoms with E-state index in [2.05, 4.69) is 103 Å². The lowest BCUT2D eigenvalue weighted by atomic mass is 9.55. The van der Waals surface area contributed by atoms with Gasteiger partial charge < -0.3 is 23.7 Å². The zero-order valence-electron chi connectivity index (χ0n) is 50.1. The smallest absolute Gasteiger partial charge is 0.343 e. The van der Waals surface area contributed by atoms with Crippen LogP contribution in [0.1, 0.15) is 173 Å². The summed E-state index contributed by atoms with van der Waals surface area (Å²) in [6.45, 7) is 23.7. The van der Waals surface area contributed by atoms with Crippen LogP contribution in [0.3, 0.4) is 0 Å². The van der Waals surface area contributed by atoms with E-state index in [0.717, 1.165) is 88.4 Å². The van der Waals surface area contributed by atoms with Crippen LogP contribution in [0, 0.1) is 50.4 Å². The van der Waals surface area contributed by atoms with Crippen LogP contribution in [0.25, 0.3) is 10.8 Å². The van der Waals surface area contributed by atoms with E-state index in [9.17, 15) is 19.2 Å². The molecule has 0 bridgehead atoms. The molecule has 83 heavy (non-hydrogen) atoms. The number of ether oxygens (including phenoxy) is 5. The summed E-state index contributed by atoms with van der Waals surface area (Å²) in [4.78, 5) is 52.9. The molecule has 8 aromatic rings. The Morgan fingerprint density at radius 2 is 0.723 bits per heavy atom. The predicted molar refractivity (Wildman–Crippen MR) is 328 cm³/mol. The molecule has 2 aliphatic carbocycles. The van der Waals surface area contributed by atoms with E-state index < -0.39 is 17.9 Å². The second-order valence-electron chi connectivity index (χ2n) is 25.7. The summed E-state index contributed by atoms with van der Waals surface area (Å²) >= 11 is 0. The number of hydrogen-bond acceptors (Lipinski definition) is 9. The van der Waals surface area contributed by atoms with Crippen molar-refractivity contribution in [2.75, 3.05) is 7.11 Å². The van der Waals surface area contributed by atoms with E-state index in [-0.39, 0.29) is 27.4 Å². The number of hydrogen-bond donors (Lipinski definition) is 0. The molecule has 0 aliphatic heterocycles. The van der Waals surface area contributed by atoms with Crippen molar-refractivity contribution in [1.29, 1.82) is 0 Å². The molecule has 10 rings (SSSR count). The van der Waals surface area contributed by atoms with Gasteiger partial charge in [0.2, 0.25) is 0 Å². The molecule has 2 aliphatic rings. The molecule has 0 heterocycles. The molecule has 426 valence electrons. The van der Waals surface area contributed by atoms with Gasteiger partial charge in [0.15, 0.2) is 5.78 Å². The summed E-state index contributed by atoms with van der Waals surface area (Å²) in [6, 6.07) is 49.6. The number of aryl methyl sites for hydroxylation is 4. The number of esters is 3. The Labute approximate surface area is 489 Å². The molecule has 9 heteroatoms. The fourth-order valence-corrected chi connectivity index (χ4v) is 14.2. The first-order chi connectivity index (χ1) is 39.4. The van der Waals surface area contributed by atoms with Crippen molar-refractivity contribution < 1.29 is 42.9 Å². The quantitative estimate of drug-likeness (QED) is 0.0596. The zero-order valence-corrected chi connectivity index (χ0v) is 50.1. The lowest BCUT2D eigenvalue weighted by molar-refractivity contribution is 0.0723. The predicted octanol–water partition coefficient (Wildman–Crippen LogP) is 18.0. The third-order valence-electron chi connectivity index (χ3n) is 17.4. The molecule has 9 nitrogen and oxygen atoms in total. The number of benzene rings is 8. The van der Waals surface area contributed by atoms with Gasteiger partial charge in [-0.15, -0.1) is 0 Å². The van der Waals surface area contributed by atoms with Gasteiger partial charge in [-0.3, -0.25) is 4.79 Å². The lowest BCUT2D eigenvalue weighted by Crippen LogP contribution is -2.41. The fourth-order valence-electron chi connectivity index (χ4n) is 14.2. The molecule has 8 aromatic carbocycles. The minimum absolute atomic E-state index is 0.0184. The van der Waals surface area contributed by atoms with E-state index in [1.165, 1.54) is 18.1 Å². The average molecular weight is 1110 g/mol. The summed E-state index contributed by atoms with van der Waals surface area (Å²) in [5, 5.41) is 1.58. The van der Waals surface area contributed by atoms with Gasteiger partial charge in [0.25, 0.3) is 0 Å². The van der Waals surface area contributed by atoms with Crippen molar-refractivity contribution in [3.8, 4) is 34.5 Å². The van der Waals surface area contributed by atoms with Gasteiger partial charge in [-0.2, -0.15) is 0 Å². The van der Waals surface area contributed by atoms with Crippen molar-refractivity contribution in [2.24, 2.45) is 22.7 Å². The normalized spacial score (nSPS) is 20.0. The molecule has 0 amide bonds. The molecular weight excluding hydrogens is 1030 g/mol. The van der Waals surface area contributed by atoms with Gasteiger partial charge in [-0.1, -0.05) is 102 Å². The number of fused-ring (bicyclic) bond motifs is 1. The van der Waals surface area contributed by atoms with E-state index in [1.807, 2.05) is 51.1 Å². The molecule has 0 spiro atoms. The number of Topliss-reactive ketones (excluding diaryl/α,β-unsaturated/α-hetero) is 1. The molecule has 2 saturated carbocycles. The first kappa shape index (κ1) is 57.9. The Hall–Kier alpha value is -8.30. The molecule has 4 unspecified atom stereocenters. The van der Waals surface area contributed by atoms with Gasteiger partial charge in [0, 0.05) is 16.4 Å². The molecule has 4 atom stereocenters. The highest BCUT2D eigenvalue weighted by atomic mass is 16.5. The van der Waals surface area contributed by atoms with E-state index in [4.69, 9.17) is 23.7 Å². The summed E-state index contributed by atoms with van der Waals surface area (Å²) in [5.74, 6) is 2.99. The maximum absolute atomic E-state index is 13.9. The SMILES string of the molecule is COc1ccc(C2(c3ccc(OC(=O)c4ccc5cc(C(=O)Oc6ccc(C7(c8ccc(OC(=O)c9ccc(Oc%10ccc(C(C)=O)cc%10)cc9)c(C)c8)CC(C)CC(C)(C)C7)cc6C)ccc5c4)c(C)c3)CC(C)CC(C)(C)C2)cc1C. The summed E-state index contributed by atoms with van der Waals surface area (Å²) in [5.41, 5.74) is 9.81. The third kappa shape index (κ3) is 12.3. The number of carbonyl (C=O) groups is 4. The van der Waals surface area contributed by atoms with Crippen LogP contribution in [-0.4, -0.2) is 30.8 Å². The van der Waals surface area contributed by atoms with Crippen molar-refractivity contribution >= 4 is 34.5 Å². The number of rotatable bonds is 14. The van der Waals surface area contributed by atoms with Crippen LogP contribution >= 0.6 is 0 Å². The summed E-state index contributed by atoms with van der Waals surface area (Å²) in [6.07, 6.45) is 6.07. The van der Waals surface area contributed by atoms with Crippen molar-refractivity contribution in [2.45, 2.75) is 126 Å². The molecular formula is C74H76O9. The minimum atomic E-state index is -0.482. The highest BCUT2D eigenvalue weighted by Crippen LogP contribution is 2.56. The van der Waals surface area contributed by atoms with Gasteiger partial charge in [-0.05, 0) is 248 Å². The van der Waals surface area contributed by atoms with Gasteiger partial charge in [0.05, 0.1) is 23.8 Å². The van der Waals surface area contributed by atoms with Crippen LogP contribution in [0.4, 0.5) is 0 Å². The van der Waals surface area contributed by atoms with Crippen LogP contribution in [0.2, 0.25) is 0 Å². The van der Waals surface area contributed by atoms with Gasteiger partial charge in [-0.25, -0.2) is 14.4 Å². The van der Waals surface area contributed by atoms with Crippen LogP contribution in [0.15, 0.2) is 158 Å². The largest absolute Gasteiger partial charge is 0.496 e. The van der Waals surface area contributed by atoms with Crippen molar-refractivity contribution in [3.63, 3.8) is 0 Å². The van der Waals surface area contributed by atoms with Crippen LogP contribution < -0.4 is 23.7 Å². The van der Waals surface area contributed by atoms with Gasteiger partial charge in [0.1, 0.15) is 34.5 Å². The maximum Gasteiger partial charge on any atom is 0.343 e. The molecule has 0 radical (unpaired) electrons. The highest BCUT2D eigenvalue weighted by molar-refractivity contribution is 6.00. The molecule has 0 N–H and O–H groups in total. The topological polar surface area (TPSA) is 114 Å². The Morgan fingerprint density at radius 3 is 1.05 bits per heavy atom. The number of methoxy groups -OCH3 is 1. The van der Waals surface area contributed by atoms with E-state index in [0.29, 0.717) is 62.8 Å². The van der Waals surface area contributed by atoms with Crippen molar-refractivity contribution in [3.05, 3.63) is 224 Å². The van der Waals surface area contributed by atoms with Crippen LogP contribution in [0.5, 0.6) is 34.5 Å². The number of ketones is 1. The Morgan fingerprint density at radius 1 is 0.398 bits per heavy atom. The monoisotopic (exact) mass is 1110 g/mol. The first-order valence-corrected chi connectivity index (χ1v) is 29.0. The second-order valence-corrected chi connectivity index (χ2v) is 25.7. The Bertz CT molecular complexity index is 3810. The molecule has 0 saturated heterocycles. The Balaban J connectivity index is 0.821. The second kappa shape index (κ2) is 22.8. The summed E-state index contributed by atoms with van der Waals surface area (Å²) in [7, 11) is 1.71. The maximum atomic E-state index is 13.9. The Kier molecular flexibility index (Phi) is 15.9. The number of carbonyl (C=O) groups excluding carboxylic acids is 4. The van der Waals surface area contributed by atoms with E-state index in [1.54, 1.807) is 79.9 Å². The highest BCUT2D eigenvalue weighted by Gasteiger charge is 2.47. The summed E-state index contributed by atoms with van der Waals surface area (Å²) < 4.78 is 29.8. The average Bonchev–Trinajstić information content (AvgIpc) is 2.86. The van der Waals surface area contributed by atoms with E-state index >= 15 is 0 Å². The zero-order chi connectivity index (χ0) is 59.2.